The van der Waals surface area contributed by atoms with Crippen molar-refractivity contribution in [3.05, 3.63) is 12.2 Å². The summed E-state index contributed by atoms with van der Waals surface area (Å²) in [4.78, 5) is 11.5. The van der Waals surface area contributed by atoms with Gasteiger partial charge in [0.15, 0.2) is 0 Å². The zero-order chi connectivity index (χ0) is 8.55. The van der Waals surface area contributed by atoms with E-state index >= 15 is 0 Å². The second-order valence-electron chi connectivity index (χ2n) is 4.20. The van der Waals surface area contributed by atoms with Gasteiger partial charge in [-0.05, 0) is 31.1 Å². The van der Waals surface area contributed by atoms with Gasteiger partial charge in [-0.1, -0.05) is 19.1 Å². The van der Waals surface area contributed by atoms with Crippen LogP contribution in [0, 0.1) is 17.8 Å². The van der Waals surface area contributed by atoms with E-state index in [1.54, 1.807) is 0 Å². The third-order valence-electron chi connectivity index (χ3n) is 3.47. The fourth-order valence-electron chi connectivity index (χ4n) is 2.60. The quantitative estimate of drug-likeness (QED) is 0.503. The van der Waals surface area contributed by atoms with Crippen LogP contribution in [0.2, 0.25) is 0 Å². The van der Waals surface area contributed by atoms with E-state index in [1.165, 1.54) is 0 Å². The smallest absolute Gasteiger partial charge is 0.136 e. The number of hydrogen-bond acceptors (Lipinski definition) is 1. The molecule has 0 heterocycles. The van der Waals surface area contributed by atoms with E-state index in [4.69, 9.17) is 0 Å². The lowest BCUT2D eigenvalue weighted by molar-refractivity contribution is -0.128. The van der Waals surface area contributed by atoms with Gasteiger partial charge >= 0.3 is 0 Å². The van der Waals surface area contributed by atoms with Crippen molar-refractivity contribution < 1.29 is 4.79 Å². The summed E-state index contributed by atoms with van der Waals surface area (Å²) in [6, 6.07) is 0. The van der Waals surface area contributed by atoms with Crippen LogP contribution in [0.5, 0.6) is 0 Å². The normalized spacial score (nSPS) is 41.1. The van der Waals surface area contributed by atoms with Crippen molar-refractivity contribution in [2.75, 3.05) is 0 Å². The zero-order valence-corrected chi connectivity index (χ0v) is 7.62. The maximum Gasteiger partial charge on any atom is 0.136 e. The third-order valence-corrected chi connectivity index (χ3v) is 3.47. The third kappa shape index (κ3) is 1.21. The Morgan fingerprint density at radius 3 is 2.83 bits per heavy atom. The van der Waals surface area contributed by atoms with Crippen LogP contribution in [0.3, 0.4) is 0 Å². The molecule has 66 valence electrons. The first kappa shape index (κ1) is 8.03. The molecular weight excluding hydrogens is 148 g/mol. The summed E-state index contributed by atoms with van der Waals surface area (Å²) >= 11 is 0. The number of carbonyl (C=O) groups excluding carboxylic acids is 1. The Morgan fingerprint density at radius 2 is 2.08 bits per heavy atom. The highest BCUT2D eigenvalue weighted by Crippen LogP contribution is 2.39. The maximum absolute atomic E-state index is 11.5. The second-order valence-corrected chi connectivity index (χ2v) is 4.20. The molecular formula is C11H16O. The fraction of sp³-hybridized carbons (Fsp3) is 0.727. The van der Waals surface area contributed by atoms with Crippen molar-refractivity contribution in [3.63, 3.8) is 0 Å². The lowest BCUT2D eigenvalue weighted by Crippen LogP contribution is -2.34. The second kappa shape index (κ2) is 3.04. The summed E-state index contributed by atoms with van der Waals surface area (Å²) in [5.41, 5.74) is 0. The topological polar surface area (TPSA) is 17.1 Å². The van der Waals surface area contributed by atoms with Crippen LogP contribution in [0.4, 0.5) is 0 Å². The van der Waals surface area contributed by atoms with Crippen molar-refractivity contribution >= 4 is 5.78 Å². The number of allylic oxidation sites excluding steroid dienone is 2. The first-order valence-electron chi connectivity index (χ1n) is 4.96. The number of rotatable bonds is 0. The summed E-state index contributed by atoms with van der Waals surface area (Å²) in [6.07, 6.45) is 8.52. The number of hydrogen-bond donors (Lipinski definition) is 0. The molecule has 3 unspecified atom stereocenters. The SMILES string of the molecule is CC1CCC(=O)C2CC=CCC12. The van der Waals surface area contributed by atoms with Crippen molar-refractivity contribution in [1.82, 2.24) is 0 Å². The van der Waals surface area contributed by atoms with Crippen molar-refractivity contribution in [3.8, 4) is 0 Å². The molecule has 0 aromatic heterocycles. The van der Waals surface area contributed by atoms with E-state index in [-0.39, 0.29) is 0 Å². The predicted octanol–water partition coefficient (Wildman–Crippen LogP) is 2.57. The van der Waals surface area contributed by atoms with E-state index < -0.39 is 0 Å². The highest BCUT2D eigenvalue weighted by Gasteiger charge is 2.35. The molecule has 12 heavy (non-hydrogen) atoms. The van der Waals surface area contributed by atoms with E-state index in [0.717, 1.165) is 31.6 Å². The van der Waals surface area contributed by atoms with E-state index in [9.17, 15) is 4.79 Å². The molecule has 2 aliphatic rings. The van der Waals surface area contributed by atoms with Crippen LogP contribution in [0.1, 0.15) is 32.6 Å². The Hall–Kier alpha value is -0.590. The molecule has 0 aromatic rings. The van der Waals surface area contributed by atoms with Crippen LogP contribution < -0.4 is 0 Å². The van der Waals surface area contributed by atoms with Gasteiger partial charge in [-0.25, -0.2) is 0 Å². The molecule has 0 bridgehead atoms. The largest absolute Gasteiger partial charge is 0.299 e. The van der Waals surface area contributed by atoms with Gasteiger partial charge in [0.25, 0.3) is 0 Å². The van der Waals surface area contributed by atoms with Gasteiger partial charge in [0.05, 0.1) is 0 Å². The van der Waals surface area contributed by atoms with Gasteiger partial charge < -0.3 is 0 Å². The Morgan fingerprint density at radius 1 is 1.33 bits per heavy atom. The Kier molecular flexibility index (Phi) is 2.03. The van der Waals surface area contributed by atoms with Crippen LogP contribution in [0.15, 0.2) is 12.2 Å². The van der Waals surface area contributed by atoms with Gasteiger partial charge in [0, 0.05) is 12.3 Å². The number of Topliss-reactive ketones (excluding diaryl/α,β-unsaturated/α-hetero) is 1. The van der Waals surface area contributed by atoms with Crippen LogP contribution in [0.25, 0.3) is 0 Å². The van der Waals surface area contributed by atoms with Gasteiger partial charge in [0.2, 0.25) is 0 Å². The molecule has 0 spiro atoms. The fourth-order valence-corrected chi connectivity index (χ4v) is 2.60. The van der Waals surface area contributed by atoms with Crippen molar-refractivity contribution in [2.24, 2.45) is 17.8 Å². The van der Waals surface area contributed by atoms with Gasteiger partial charge in [0.1, 0.15) is 5.78 Å². The minimum absolute atomic E-state index is 0.374. The Bertz CT molecular complexity index is 217. The average Bonchev–Trinajstić information content (AvgIpc) is 2.12. The molecule has 1 saturated carbocycles. The minimum Gasteiger partial charge on any atom is -0.299 e. The monoisotopic (exact) mass is 164 g/mol. The Balaban J connectivity index is 2.17. The van der Waals surface area contributed by atoms with Crippen LogP contribution in [-0.4, -0.2) is 5.78 Å². The molecule has 0 saturated heterocycles. The molecule has 0 aromatic carbocycles. The van der Waals surface area contributed by atoms with Gasteiger partial charge in [-0.2, -0.15) is 0 Å². The molecule has 0 amide bonds. The van der Waals surface area contributed by atoms with Crippen molar-refractivity contribution in [1.29, 1.82) is 0 Å². The molecule has 1 fully saturated rings. The molecule has 1 nitrogen and oxygen atoms in total. The molecule has 3 atom stereocenters. The van der Waals surface area contributed by atoms with E-state index in [2.05, 4.69) is 19.1 Å². The summed E-state index contributed by atoms with van der Waals surface area (Å²) in [7, 11) is 0. The highest BCUT2D eigenvalue weighted by atomic mass is 16.1. The first-order chi connectivity index (χ1) is 5.79. The lowest BCUT2D eigenvalue weighted by Gasteiger charge is -2.36. The molecule has 0 aliphatic heterocycles. The standard InChI is InChI=1S/C11H16O/c1-8-6-7-11(12)10-5-3-2-4-9(8)10/h2-3,8-10H,4-7H2,1H3. The summed E-state index contributed by atoms with van der Waals surface area (Å²) in [5.74, 6) is 2.31. The number of ketones is 1. The summed E-state index contributed by atoms with van der Waals surface area (Å²) in [5, 5.41) is 0. The van der Waals surface area contributed by atoms with Gasteiger partial charge in [-0.3, -0.25) is 4.79 Å². The predicted molar refractivity (Wildman–Crippen MR) is 48.8 cm³/mol. The minimum atomic E-state index is 0.374. The number of fused-ring (bicyclic) bond motifs is 1. The first-order valence-corrected chi connectivity index (χ1v) is 4.96. The van der Waals surface area contributed by atoms with Crippen LogP contribution >= 0.6 is 0 Å². The van der Waals surface area contributed by atoms with E-state index in [0.29, 0.717) is 17.6 Å². The zero-order valence-electron chi connectivity index (χ0n) is 7.62. The molecule has 2 rings (SSSR count). The molecule has 0 radical (unpaired) electrons. The molecule has 1 heteroatoms. The summed E-state index contributed by atoms with van der Waals surface area (Å²) in [6.45, 7) is 2.29. The average molecular weight is 164 g/mol. The maximum atomic E-state index is 11.5. The Labute approximate surface area is 73.8 Å². The van der Waals surface area contributed by atoms with E-state index in [1.807, 2.05) is 0 Å². The van der Waals surface area contributed by atoms with Gasteiger partial charge in [-0.15, -0.1) is 0 Å². The highest BCUT2D eigenvalue weighted by molar-refractivity contribution is 5.82. The molecule has 2 aliphatic carbocycles. The van der Waals surface area contributed by atoms with Crippen LogP contribution in [-0.2, 0) is 4.79 Å². The number of carbonyl (C=O) groups is 1. The lowest BCUT2D eigenvalue weighted by atomic mass is 9.67. The van der Waals surface area contributed by atoms with Crippen molar-refractivity contribution in [2.45, 2.75) is 32.6 Å². The summed E-state index contributed by atoms with van der Waals surface area (Å²) < 4.78 is 0. The molecule has 0 N–H and O–H groups in total.